The first kappa shape index (κ1) is 29.5. The zero-order valence-corrected chi connectivity index (χ0v) is 23.3. The Labute approximate surface area is 225 Å². The van der Waals surface area contributed by atoms with Crippen LogP contribution in [0.1, 0.15) is 96.3 Å². The minimum absolute atomic E-state index is 0.0522. The average molecular weight is 527 g/mol. The third-order valence-corrected chi connectivity index (χ3v) is 7.48. The SMILES string of the molecule is CCCC[C@@]1(NC2CCCCC2)C(=O)C(=O)N1C(=O)[C@H](C)NC(=O)[C@@H](NC(=O)c1ccccc1)C(C)(C)C. The topological polar surface area (TPSA) is 125 Å². The Balaban J connectivity index is 1.76. The number of β-lactam (4-membered cyclic amide) rings is 1. The number of carbonyl (C=O) groups is 5. The molecule has 3 atom stereocenters. The molecule has 2 aliphatic rings. The molecule has 0 aromatic heterocycles. The number of nitrogens with one attached hydrogen (secondary N) is 3. The number of likely N-dealkylation sites (tertiary alicyclic amines) is 1. The van der Waals surface area contributed by atoms with E-state index in [1.165, 1.54) is 6.92 Å². The van der Waals surface area contributed by atoms with E-state index in [1.807, 2.05) is 27.7 Å². The van der Waals surface area contributed by atoms with Crippen LogP contribution >= 0.6 is 0 Å². The molecule has 1 aliphatic heterocycles. The van der Waals surface area contributed by atoms with Crippen molar-refractivity contribution in [3.63, 3.8) is 0 Å². The molecule has 2 fully saturated rings. The van der Waals surface area contributed by atoms with Gasteiger partial charge in [-0.25, -0.2) is 4.90 Å². The highest BCUT2D eigenvalue weighted by atomic mass is 16.2. The molecule has 0 unspecified atom stereocenters. The highest BCUT2D eigenvalue weighted by Gasteiger charge is 2.63. The van der Waals surface area contributed by atoms with Crippen LogP contribution in [-0.2, 0) is 19.2 Å². The molecule has 1 saturated carbocycles. The zero-order chi connectivity index (χ0) is 28.1. The first-order chi connectivity index (χ1) is 17.9. The number of hydrogen-bond donors (Lipinski definition) is 3. The minimum Gasteiger partial charge on any atom is -0.343 e. The summed E-state index contributed by atoms with van der Waals surface area (Å²) in [6.45, 7) is 8.94. The lowest BCUT2D eigenvalue weighted by Crippen LogP contribution is -2.82. The fourth-order valence-corrected chi connectivity index (χ4v) is 5.26. The fraction of sp³-hybridized carbons (Fsp3) is 0.621. The van der Waals surface area contributed by atoms with Crippen molar-refractivity contribution in [1.82, 2.24) is 20.9 Å². The number of hydrogen-bond acceptors (Lipinski definition) is 6. The van der Waals surface area contributed by atoms with E-state index in [1.54, 1.807) is 30.3 Å². The van der Waals surface area contributed by atoms with Gasteiger partial charge in [-0.1, -0.05) is 71.6 Å². The Hall–Kier alpha value is -3.07. The highest BCUT2D eigenvalue weighted by Crippen LogP contribution is 2.34. The normalized spacial score (nSPS) is 21.9. The van der Waals surface area contributed by atoms with Gasteiger partial charge in [0.25, 0.3) is 17.6 Å². The quantitative estimate of drug-likeness (QED) is 0.318. The van der Waals surface area contributed by atoms with Gasteiger partial charge in [-0.15, -0.1) is 0 Å². The second-order valence-corrected chi connectivity index (χ2v) is 11.6. The van der Waals surface area contributed by atoms with E-state index in [4.69, 9.17) is 0 Å². The van der Waals surface area contributed by atoms with Crippen LogP contribution in [0.5, 0.6) is 0 Å². The van der Waals surface area contributed by atoms with Crippen molar-refractivity contribution in [1.29, 1.82) is 0 Å². The van der Waals surface area contributed by atoms with Gasteiger partial charge in [0.2, 0.25) is 5.91 Å². The predicted octanol–water partition coefficient (Wildman–Crippen LogP) is 3.08. The van der Waals surface area contributed by atoms with Gasteiger partial charge in [0.05, 0.1) is 0 Å². The molecule has 1 aromatic carbocycles. The van der Waals surface area contributed by atoms with Gasteiger partial charge in [0.15, 0.2) is 5.66 Å². The molecule has 38 heavy (non-hydrogen) atoms. The maximum atomic E-state index is 13.6. The molecule has 3 rings (SSSR count). The number of carbonyl (C=O) groups excluding carboxylic acids is 5. The third kappa shape index (κ3) is 6.31. The van der Waals surface area contributed by atoms with Gasteiger partial charge >= 0.3 is 5.91 Å². The van der Waals surface area contributed by atoms with Crippen molar-refractivity contribution in [2.24, 2.45) is 5.41 Å². The summed E-state index contributed by atoms with van der Waals surface area (Å²) in [5, 5.41) is 8.85. The van der Waals surface area contributed by atoms with Crippen LogP contribution < -0.4 is 16.0 Å². The third-order valence-electron chi connectivity index (χ3n) is 7.48. The number of benzene rings is 1. The molecule has 1 aliphatic carbocycles. The highest BCUT2D eigenvalue weighted by molar-refractivity contribution is 6.49. The molecule has 9 nitrogen and oxygen atoms in total. The zero-order valence-electron chi connectivity index (χ0n) is 23.3. The monoisotopic (exact) mass is 526 g/mol. The van der Waals surface area contributed by atoms with Crippen LogP contribution in [0.15, 0.2) is 30.3 Å². The first-order valence-corrected chi connectivity index (χ1v) is 13.8. The summed E-state index contributed by atoms with van der Waals surface area (Å²) < 4.78 is 0. The second-order valence-electron chi connectivity index (χ2n) is 11.6. The first-order valence-electron chi connectivity index (χ1n) is 13.8. The summed E-state index contributed by atoms with van der Waals surface area (Å²) in [4.78, 5) is 66.4. The average Bonchev–Trinajstić information content (AvgIpc) is 2.89. The molecular formula is C29H42N4O5. The summed E-state index contributed by atoms with van der Waals surface area (Å²) in [6, 6.07) is 6.61. The number of unbranched alkanes of at least 4 members (excludes halogenated alkanes) is 1. The van der Waals surface area contributed by atoms with Crippen molar-refractivity contribution < 1.29 is 24.0 Å². The summed E-state index contributed by atoms with van der Waals surface area (Å²) in [5.74, 6) is -3.02. The number of Topliss-reactive ketones (excluding diaryl/α,β-unsaturated/α-hetero) is 1. The molecule has 0 radical (unpaired) electrons. The van der Waals surface area contributed by atoms with E-state index in [9.17, 15) is 24.0 Å². The van der Waals surface area contributed by atoms with Gasteiger partial charge in [0.1, 0.15) is 12.1 Å². The molecular weight excluding hydrogens is 484 g/mol. The van der Waals surface area contributed by atoms with E-state index in [0.29, 0.717) is 18.4 Å². The largest absolute Gasteiger partial charge is 0.343 e. The molecule has 0 spiro atoms. The number of rotatable bonds is 10. The Morgan fingerprint density at radius 1 is 1.03 bits per heavy atom. The van der Waals surface area contributed by atoms with E-state index in [2.05, 4.69) is 16.0 Å². The van der Waals surface area contributed by atoms with E-state index in [-0.39, 0.29) is 6.04 Å². The van der Waals surface area contributed by atoms with Crippen LogP contribution in [0.4, 0.5) is 0 Å². The van der Waals surface area contributed by atoms with Gasteiger partial charge < -0.3 is 10.6 Å². The molecule has 9 heteroatoms. The Morgan fingerprint density at radius 3 is 2.24 bits per heavy atom. The van der Waals surface area contributed by atoms with Crippen molar-refractivity contribution in [3.8, 4) is 0 Å². The van der Waals surface area contributed by atoms with E-state index < -0.39 is 52.6 Å². The molecule has 0 bridgehead atoms. The smallest absolute Gasteiger partial charge is 0.302 e. The van der Waals surface area contributed by atoms with Crippen LogP contribution in [-0.4, -0.2) is 58.1 Å². The number of imide groups is 1. The maximum Gasteiger partial charge on any atom is 0.302 e. The standard InChI is InChI=1S/C29H42N4O5/c1-6-7-18-29(32-21-16-12-9-13-17-21)23(34)27(38)33(29)26(37)19(2)30-25(36)22(28(3,4)5)31-24(35)20-14-10-8-11-15-20/h8,10-11,14-15,19,21-22,32H,6-7,9,12-13,16-18H2,1-5H3,(H,30,36)(H,31,35)/t19-,22+,29-/m0/s1. The summed E-state index contributed by atoms with van der Waals surface area (Å²) in [5.41, 5.74) is -1.61. The van der Waals surface area contributed by atoms with E-state index in [0.717, 1.165) is 43.4 Å². The second kappa shape index (κ2) is 12.2. The van der Waals surface area contributed by atoms with Gasteiger partial charge in [0, 0.05) is 11.6 Å². The van der Waals surface area contributed by atoms with Gasteiger partial charge in [-0.3, -0.25) is 29.3 Å². The van der Waals surface area contributed by atoms with Crippen molar-refractivity contribution >= 4 is 29.4 Å². The van der Waals surface area contributed by atoms with Crippen LogP contribution in [0.3, 0.4) is 0 Å². The summed E-state index contributed by atoms with van der Waals surface area (Å²) in [6.07, 6.45) is 6.79. The minimum atomic E-state index is -1.36. The van der Waals surface area contributed by atoms with Crippen LogP contribution in [0, 0.1) is 5.41 Å². The Morgan fingerprint density at radius 2 is 1.66 bits per heavy atom. The predicted molar refractivity (Wildman–Crippen MR) is 144 cm³/mol. The van der Waals surface area contributed by atoms with Crippen molar-refractivity contribution in [2.75, 3.05) is 0 Å². The number of nitrogens with zero attached hydrogens (tertiary/aromatic N) is 1. The lowest BCUT2D eigenvalue weighted by atomic mass is 9.82. The molecule has 1 aromatic rings. The lowest BCUT2D eigenvalue weighted by molar-refractivity contribution is -0.182. The summed E-state index contributed by atoms with van der Waals surface area (Å²) >= 11 is 0. The molecule has 1 saturated heterocycles. The Bertz CT molecular complexity index is 1040. The maximum absolute atomic E-state index is 13.6. The Kier molecular flexibility index (Phi) is 9.46. The van der Waals surface area contributed by atoms with Gasteiger partial charge in [-0.05, 0) is 50.2 Å². The molecule has 3 N–H and O–H groups in total. The number of ketones is 1. The van der Waals surface area contributed by atoms with E-state index >= 15 is 0 Å². The van der Waals surface area contributed by atoms with Crippen molar-refractivity contribution in [2.45, 2.75) is 110 Å². The molecule has 208 valence electrons. The van der Waals surface area contributed by atoms with Crippen molar-refractivity contribution in [3.05, 3.63) is 35.9 Å². The number of amides is 4. The lowest BCUT2D eigenvalue weighted by Gasteiger charge is -2.51. The fourth-order valence-electron chi connectivity index (χ4n) is 5.26. The molecule has 4 amide bonds. The van der Waals surface area contributed by atoms with Gasteiger partial charge in [-0.2, -0.15) is 0 Å². The van der Waals surface area contributed by atoms with Crippen LogP contribution in [0.2, 0.25) is 0 Å². The molecule has 1 heterocycles. The summed E-state index contributed by atoms with van der Waals surface area (Å²) in [7, 11) is 0. The van der Waals surface area contributed by atoms with Crippen LogP contribution in [0.25, 0.3) is 0 Å².